The summed E-state index contributed by atoms with van der Waals surface area (Å²) >= 11 is 5.30. The molecule has 0 aliphatic rings. The summed E-state index contributed by atoms with van der Waals surface area (Å²) in [6, 6.07) is 14.4. The number of thiocarbonyl (C=S) groups is 1. The van der Waals surface area contributed by atoms with Crippen molar-refractivity contribution in [3.63, 3.8) is 0 Å². The maximum atomic E-state index is 10.7. The molecular formula is C15H13NO2S. The van der Waals surface area contributed by atoms with Crippen LogP contribution in [0, 0.1) is 6.92 Å². The molecule has 0 aliphatic carbocycles. The molecule has 0 aliphatic heterocycles. The second-order valence-electron chi connectivity index (χ2n) is 4.20. The van der Waals surface area contributed by atoms with E-state index in [0.29, 0.717) is 4.99 Å². The fourth-order valence-corrected chi connectivity index (χ4v) is 1.86. The van der Waals surface area contributed by atoms with Gasteiger partial charge in [-0.3, -0.25) is 0 Å². The smallest absolute Gasteiger partial charge is 0.335 e. The van der Waals surface area contributed by atoms with E-state index in [2.05, 4.69) is 5.32 Å². The van der Waals surface area contributed by atoms with E-state index in [9.17, 15) is 4.79 Å². The van der Waals surface area contributed by atoms with Gasteiger partial charge >= 0.3 is 5.97 Å². The highest BCUT2D eigenvalue weighted by atomic mass is 32.1. The van der Waals surface area contributed by atoms with E-state index >= 15 is 0 Å². The van der Waals surface area contributed by atoms with Crippen LogP contribution in [0.3, 0.4) is 0 Å². The average Bonchev–Trinajstić information content (AvgIpc) is 2.40. The lowest BCUT2D eigenvalue weighted by Crippen LogP contribution is -2.10. The maximum Gasteiger partial charge on any atom is 0.335 e. The van der Waals surface area contributed by atoms with Gasteiger partial charge in [0, 0.05) is 11.3 Å². The Bertz CT molecular complexity index is 603. The Morgan fingerprint density at radius 2 is 1.53 bits per heavy atom. The SMILES string of the molecule is Cc1ccc(C(=S)Nc2ccc(C(=O)O)cc2)cc1. The van der Waals surface area contributed by atoms with Crippen LogP contribution in [0.4, 0.5) is 5.69 Å². The number of carboxylic acids is 1. The minimum absolute atomic E-state index is 0.256. The minimum atomic E-state index is -0.937. The van der Waals surface area contributed by atoms with Crippen molar-refractivity contribution >= 4 is 28.9 Å². The standard InChI is InChI=1S/C15H13NO2S/c1-10-2-4-11(5-3-10)14(19)16-13-8-6-12(7-9-13)15(17)18/h2-9H,1H3,(H,16,19)(H,17,18). The molecule has 0 heterocycles. The number of carbonyl (C=O) groups is 1. The third-order valence-electron chi connectivity index (χ3n) is 2.70. The van der Waals surface area contributed by atoms with Gasteiger partial charge in [0.2, 0.25) is 0 Å². The molecule has 19 heavy (non-hydrogen) atoms. The van der Waals surface area contributed by atoms with Crippen molar-refractivity contribution in [2.24, 2.45) is 0 Å². The predicted octanol–water partition coefficient (Wildman–Crippen LogP) is 3.48. The first-order valence-corrected chi connectivity index (χ1v) is 6.18. The van der Waals surface area contributed by atoms with E-state index in [1.165, 1.54) is 5.56 Å². The number of hydrogen-bond donors (Lipinski definition) is 2. The van der Waals surface area contributed by atoms with Gasteiger partial charge in [-0.2, -0.15) is 0 Å². The van der Waals surface area contributed by atoms with Crippen molar-refractivity contribution in [1.29, 1.82) is 0 Å². The molecular weight excluding hydrogens is 258 g/mol. The molecule has 0 saturated carbocycles. The summed E-state index contributed by atoms with van der Waals surface area (Å²) < 4.78 is 0. The largest absolute Gasteiger partial charge is 0.478 e. The van der Waals surface area contributed by atoms with Crippen LogP contribution in [0.2, 0.25) is 0 Å². The molecule has 0 amide bonds. The zero-order valence-electron chi connectivity index (χ0n) is 10.4. The molecule has 2 aromatic carbocycles. The van der Waals surface area contributed by atoms with Gasteiger partial charge in [0.1, 0.15) is 4.99 Å². The van der Waals surface area contributed by atoms with Crippen LogP contribution in [-0.4, -0.2) is 16.1 Å². The Morgan fingerprint density at radius 1 is 1.00 bits per heavy atom. The molecule has 4 heteroatoms. The zero-order valence-corrected chi connectivity index (χ0v) is 11.2. The molecule has 0 bridgehead atoms. The second-order valence-corrected chi connectivity index (χ2v) is 4.61. The molecule has 2 aromatic rings. The normalized spacial score (nSPS) is 9.95. The highest BCUT2D eigenvalue weighted by Gasteiger charge is 2.04. The quantitative estimate of drug-likeness (QED) is 0.839. The van der Waals surface area contributed by atoms with Gasteiger partial charge in [0.15, 0.2) is 0 Å². The molecule has 0 radical (unpaired) electrons. The molecule has 0 saturated heterocycles. The molecule has 0 atom stereocenters. The monoisotopic (exact) mass is 271 g/mol. The van der Waals surface area contributed by atoms with Crippen LogP contribution in [0.15, 0.2) is 48.5 Å². The lowest BCUT2D eigenvalue weighted by Gasteiger charge is -2.08. The van der Waals surface area contributed by atoms with E-state index < -0.39 is 5.97 Å². The lowest BCUT2D eigenvalue weighted by molar-refractivity contribution is 0.0697. The van der Waals surface area contributed by atoms with Crippen molar-refractivity contribution in [2.45, 2.75) is 6.92 Å². The Kier molecular flexibility index (Phi) is 3.92. The van der Waals surface area contributed by atoms with E-state index in [-0.39, 0.29) is 5.56 Å². The first-order chi connectivity index (χ1) is 9.06. The summed E-state index contributed by atoms with van der Waals surface area (Å²) in [6.45, 7) is 2.02. The van der Waals surface area contributed by atoms with Gasteiger partial charge in [-0.25, -0.2) is 4.79 Å². The Hall–Kier alpha value is -2.20. The van der Waals surface area contributed by atoms with Gasteiger partial charge in [-0.05, 0) is 31.2 Å². The lowest BCUT2D eigenvalue weighted by atomic mass is 10.1. The molecule has 96 valence electrons. The summed E-state index contributed by atoms with van der Waals surface area (Å²) in [7, 11) is 0. The van der Waals surface area contributed by atoms with Crippen molar-refractivity contribution < 1.29 is 9.90 Å². The third kappa shape index (κ3) is 3.39. The number of aromatic carboxylic acids is 1. The molecule has 0 fully saturated rings. The van der Waals surface area contributed by atoms with Crippen LogP contribution in [0.25, 0.3) is 0 Å². The number of rotatable bonds is 3. The van der Waals surface area contributed by atoms with Crippen LogP contribution in [0.5, 0.6) is 0 Å². The number of hydrogen-bond acceptors (Lipinski definition) is 2. The zero-order chi connectivity index (χ0) is 13.8. The number of nitrogens with one attached hydrogen (secondary N) is 1. The third-order valence-corrected chi connectivity index (χ3v) is 3.04. The molecule has 0 aromatic heterocycles. The Labute approximate surface area is 116 Å². The second kappa shape index (κ2) is 5.63. The van der Waals surface area contributed by atoms with Gasteiger partial charge in [0.25, 0.3) is 0 Å². The molecule has 2 rings (SSSR count). The number of anilines is 1. The predicted molar refractivity (Wildman–Crippen MR) is 79.9 cm³/mol. The van der Waals surface area contributed by atoms with Crippen LogP contribution < -0.4 is 5.32 Å². The molecule has 0 unspecified atom stereocenters. The van der Waals surface area contributed by atoms with Crippen LogP contribution in [0.1, 0.15) is 21.5 Å². The summed E-state index contributed by atoms with van der Waals surface area (Å²) in [5.74, 6) is -0.937. The van der Waals surface area contributed by atoms with Crippen molar-refractivity contribution in [3.05, 3.63) is 65.2 Å². The fourth-order valence-electron chi connectivity index (χ4n) is 1.60. The maximum absolute atomic E-state index is 10.7. The highest BCUT2D eigenvalue weighted by molar-refractivity contribution is 7.81. The van der Waals surface area contributed by atoms with Gasteiger partial charge in [-0.15, -0.1) is 0 Å². The van der Waals surface area contributed by atoms with Gasteiger partial charge in [-0.1, -0.05) is 42.0 Å². The van der Waals surface area contributed by atoms with E-state index in [0.717, 1.165) is 11.3 Å². The Morgan fingerprint density at radius 3 is 2.05 bits per heavy atom. The van der Waals surface area contributed by atoms with Crippen LogP contribution in [-0.2, 0) is 0 Å². The summed E-state index contributed by atoms with van der Waals surface area (Å²) in [5, 5.41) is 11.9. The van der Waals surface area contributed by atoms with Crippen LogP contribution >= 0.6 is 12.2 Å². The molecule has 3 nitrogen and oxygen atoms in total. The summed E-state index contributed by atoms with van der Waals surface area (Å²) in [6.07, 6.45) is 0. The Balaban J connectivity index is 2.10. The van der Waals surface area contributed by atoms with Crippen molar-refractivity contribution in [1.82, 2.24) is 0 Å². The number of aryl methyl sites for hydroxylation is 1. The number of benzene rings is 2. The highest BCUT2D eigenvalue weighted by Crippen LogP contribution is 2.12. The van der Waals surface area contributed by atoms with E-state index in [4.69, 9.17) is 17.3 Å². The average molecular weight is 271 g/mol. The van der Waals surface area contributed by atoms with E-state index in [1.807, 2.05) is 31.2 Å². The minimum Gasteiger partial charge on any atom is -0.478 e. The summed E-state index contributed by atoms with van der Waals surface area (Å²) in [4.78, 5) is 11.4. The van der Waals surface area contributed by atoms with Crippen molar-refractivity contribution in [3.8, 4) is 0 Å². The molecule has 2 N–H and O–H groups in total. The first-order valence-electron chi connectivity index (χ1n) is 5.77. The molecule has 0 spiro atoms. The first kappa shape index (κ1) is 13.2. The van der Waals surface area contributed by atoms with Crippen molar-refractivity contribution in [2.75, 3.05) is 5.32 Å². The van der Waals surface area contributed by atoms with E-state index in [1.54, 1.807) is 24.3 Å². The van der Waals surface area contributed by atoms with Gasteiger partial charge in [0.05, 0.1) is 5.56 Å². The fraction of sp³-hybridized carbons (Fsp3) is 0.0667. The number of carboxylic acid groups (broad SMARTS) is 1. The van der Waals surface area contributed by atoms with Gasteiger partial charge < -0.3 is 10.4 Å². The topological polar surface area (TPSA) is 49.3 Å². The summed E-state index contributed by atoms with van der Waals surface area (Å²) in [5.41, 5.74) is 3.14.